The number of urea groups is 1. The van der Waals surface area contributed by atoms with Crippen LogP contribution >= 0.6 is 0 Å². The number of carbonyl (C=O) groups excluding carboxylic acids is 2. The van der Waals surface area contributed by atoms with E-state index in [-0.39, 0.29) is 6.54 Å². The van der Waals surface area contributed by atoms with Crippen LogP contribution in [0.25, 0.3) is 0 Å². The van der Waals surface area contributed by atoms with Crippen LogP contribution in [0.5, 0.6) is 0 Å². The first-order valence-electron chi connectivity index (χ1n) is 8.12. The normalized spacial score (nSPS) is 24.5. The van der Waals surface area contributed by atoms with Crippen LogP contribution < -0.4 is 16.4 Å². The molecule has 4 N–H and O–H groups in total. The maximum absolute atomic E-state index is 13.3. The summed E-state index contributed by atoms with van der Waals surface area (Å²) in [7, 11) is 0. The molecule has 0 spiro atoms. The van der Waals surface area contributed by atoms with Gasteiger partial charge in [0.2, 0.25) is 5.91 Å². The molecule has 0 aromatic carbocycles. The molecule has 0 bridgehead atoms. The van der Waals surface area contributed by atoms with E-state index in [9.17, 15) is 22.8 Å². The average Bonchev–Trinajstić information content (AvgIpc) is 2.54. The Morgan fingerprint density at radius 3 is 2.50 bits per heavy atom. The lowest BCUT2D eigenvalue weighted by Crippen LogP contribution is -2.58. The van der Waals surface area contributed by atoms with E-state index in [1.54, 1.807) is 0 Å². The fraction of sp³-hybridized carbons (Fsp3) is 0.857. The lowest BCUT2D eigenvalue weighted by Gasteiger charge is -2.36. The first-order chi connectivity index (χ1) is 11.3. The highest BCUT2D eigenvalue weighted by molar-refractivity contribution is 5.80. The van der Waals surface area contributed by atoms with E-state index in [2.05, 4.69) is 10.6 Å². The zero-order chi connectivity index (χ0) is 17.7. The van der Waals surface area contributed by atoms with Gasteiger partial charge in [-0.3, -0.25) is 9.69 Å². The number of likely N-dealkylation sites (tertiary alicyclic amines) is 1. The van der Waals surface area contributed by atoms with Gasteiger partial charge in [0.25, 0.3) is 0 Å². The monoisotopic (exact) mass is 351 g/mol. The number of nitrogens with one attached hydrogen (secondary N) is 2. The van der Waals surface area contributed by atoms with Gasteiger partial charge in [0.15, 0.2) is 0 Å². The Hall–Kier alpha value is -1.55. The topological polar surface area (TPSA) is 90.7 Å². The second-order valence-electron chi connectivity index (χ2n) is 6.21. The van der Waals surface area contributed by atoms with E-state index < -0.39 is 36.6 Å². The fourth-order valence-corrected chi connectivity index (χ4v) is 3.18. The molecule has 2 fully saturated rings. The van der Waals surface area contributed by atoms with Gasteiger partial charge >= 0.3 is 12.2 Å². The highest BCUT2D eigenvalue weighted by atomic mass is 19.4. The van der Waals surface area contributed by atoms with Gasteiger partial charge in [-0.25, -0.2) is 4.79 Å². The third-order valence-electron chi connectivity index (χ3n) is 4.54. The van der Waals surface area contributed by atoms with Crippen LogP contribution in [-0.2, 0) is 4.79 Å². The first kappa shape index (κ1) is 18.8. The van der Waals surface area contributed by atoms with Crippen molar-refractivity contribution in [2.75, 3.05) is 45.8 Å². The number of alkyl halides is 3. The highest BCUT2D eigenvalue weighted by Gasteiger charge is 2.44. The van der Waals surface area contributed by atoms with Crippen molar-refractivity contribution in [3.63, 3.8) is 0 Å². The number of hydrogen-bond donors (Lipinski definition) is 3. The van der Waals surface area contributed by atoms with Crippen molar-refractivity contribution in [2.24, 2.45) is 11.7 Å². The van der Waals surface area contributed by atoms with Gasteiger partial charge in [-0.05, 0) is 12.8 Å². The minimum Gasteiger partial charge on any atom is -0.354 e. The summed E-state index contributed by atoms with van der Waals surface area (Å²) < 4.78 is 39.8. The molecule has 0 radical (unpaired) electrons. The molecule has 0 aliphatic carbocycles. The Bertz CT molecular complexity index is 454. The third-order valence-corrected chi connectivity index (χ3v) is 4.54. The van der Waals surface area contributed by atoms with Gasteiger partial charge in [0, 0.05) is 45.8 Å². The molecule has 3 amide bonds. The molecule has 138 valence electrons. The van der Waals surface area contributed by atoms with Crippen molar-refractivity contribution in [3.8, 4) is 0 Å². The van der Waals surface area contributed by atoms with Crippen molar-refractivity contribution >= 4 is 11.9 Å². The van der Waals surface area contributed by atoms with Crippen molar-refractivity contribution in [2.45, 2.75) is 25.1 Å². The smallest absolute Gasteiger partial charge is 0.354 e. The molecule has 0 aromatic rings. The summed E-state index contributed by atoms with van der Waals surface area (Å²) in [6.07, 6.45) is -3.25. The maximum atomic E-state index is 13.3. The third kappa shape index (κ3) is 4.97. The summed E-state index contributed by atoms with van der Waals surface area (Å²) in [6.45, 7) is 1.73. The maximum Gasteiger partial charge on any atom is 0.405 e. The minimum absolute atomic E-state index is 0.158. The number of hydrogen-bond acceptors (Lipinski definition) is 4. The van der Waals surface area contributed by atoms with Gasteiger partial charge in [-0.1, -0.05) is 0 Å². The highest BCUT2D eigenvalue weighted by Crippen LogP contribution is 2.25. The van der Waals surface area contributed by atoms with E-state index in [1.165, 1.54) is 9.80 Å². The van der Waals surface area contributed by atoms with Gasteiger partial charge in [-0.2, -0.15) is 13.2 Å². The quantitative estimate of drug-likeness (QED) is 0.650. The summed E-state index contributed by atoms with van der Waals surface area (Å²) in [5.41, 5.74) is 5.20. The molecule has 2 atom stereocenters. The predicted molar refractivity (Wildman–Crippen MR) is 81.2 cm³/mol. The fourth-order valence-electron chi connectivity index (χ4n) is 3.18. The van der Waals surface area contributed by atoms with E-state index in [0.29, 0.717) is 45.6 Å². The molecule has 0 aromatic heterocycles. The van der Waals surface area contributed by atoms with Gasteiger partial charge < -0.3 is 21.3 Å². The number of rotatable bonds is 4. The summed E-state index contributed by atoms with van der Waals surface area (Å²) >= 11 is 0. The predicted octanol–water partition coefficient (Wildman–Crippen LogP) is -0.271. The van der Waals surface area contributed by atoms with Crippen molar-refractivity contribution in [3.05, 3.63) is 0 Å². The van der Waals surface area contributed by atoms with Gasteiger partial charge in [0.1, 0.15) is 6.04 Å². The molecule has 24 heavy (non-hydrogen) atoms. The van der Waals surface area contributed by atoms with Crippen molar-refractivity contribution in [1.29, 1.82) is 0 Å². The van der Waals surface area contributed by atoms with E-state index in [0.717, 1.165) is 0 Å². The molecule has 0 saturated carbocycles. The van der Waals surface area contributed by atoms with E-state index >= 15 is 0 Å². The van der Waals surface area contributed by atoms with Crippen LogP contribution in [-0.4, -0.2) is 79.8 Å². The van der Waals surface area contributed by atoms with Crippen LogP contribution in [0.3, 0.4) is 0 Å². The molecule has 2 heterocycles. The molecule has 2 aliphatic heterocycles. The molecule has 2 aliphatic rings. The number of halogens is 3. The van der Waals surface area contributed by atoms with E-state index in [4.69, 9.17) is 5.73 Å². The molecule has 10 heteroatoms. The Labute approximate surface area is 138 Å². The molecule has 2 unspecified atom stereocenters. The Morgan fingerprint density at radius 2 is 1.92 bits per heavy atom. The Morgan fingerprint density at radius 1 is 1.25 bits per heavy atom. The molecular formula is C14H24F3N5O2. The SMILES string of the molecule is NC(=O)N1CCCC(C(=O)NCC(N2CCNCC2)C(F)(F)F)C1. The summed E-state index contributed by atoms with van der Waals surface area (Å²) in [5, 5.41) is 5.42. The summed E-state index contributed by atoms with van der Waals surface area (Å²) in [4.78, 5) is 26.1. The Kier molecular flexibility index (Phi) is 6.27. The first-order valence-corrected chi connectivity index (χ1v) is 8.12. The van der Waals surface area contributed by atoms with Gasteiger partial charge in [0.05, 0.1) is 5.92 Å². The lowest BCUT2D eigenvalue weighted by molar-refractivity contribution is -0.184. The average molecular weight is 351 g/mol. The number of carbonyl (C=O) groups is 2. The number of piperidine rings is 1. The van der Waals surface area contributed by atoms with Crippen LogP contribution in [0.4, 0.5) is 18.0 Å². The summed E-state index contributed by atoms with van der Waals surface area (Å²) in [5.74, 6) is -0.964. The number of primary amides is 1. The summed E-state index contributed by atoms with van der Waals surface area (Å²) in [6, 6.07) is -2.30. The molecular weight excluding hydrogens is 327 g/mol. The number of nitrogens with zero attached hydrogens (tertiary/aromatic N) is 2. The second-order valence-corrected chi connectivity index (χ2v) is 6.21. The lowest BCUT2D eigenvalue weighted by atomic mass is 9.97. The number of nitrogens with two attached hydrogens (primary N) is 1. The van der Waals surface area contributed by atoms with Crippen molar-refractivity contribution in [1.82, 2.24) is 20.4 Å². The standard InChI is InChI=1S/C14H24F3N5O2/c15-14(16,17)11(21-6-3-19-4-7-21)8-20-12(23)10-2-1-5-22(9-10)13(18)24/h10-11,19H,1-9H2,(H2,18,24)(H,20,23). The second kappa shape index (κ2) is 8.02. The van der Waals surface area contributed by atoms with Crippen molar-refractivity contribution < 1.29 is 22.8 Å². The largest absolute Gasteiger partial charge is 0.405 e. The minimum atomic E-state index is -4.41. The van der Waals surface area contributed by atoms with Gasteiger partial charge in [-0.15, -0.1) is 0 Å². The van der Waals surface area contributed by atoms with Crippen LogP contribution in [0.1, 0.15) is 12.8 Å². The molecule has 2 rings (SSSR count). The number of piperazine rings is 1. The van der Waals surface area contributed by atoms with Crippen LogP contribution in [0, 0.1) is 5.92 Å². The number of amides is 3. The zero-order valence-electron chi connectivity index (χ0n) is 13.4. The van der Waals surface area contributed by atoms with Crippen LogP contribution in [0.15, 0.2) is 0 Å². The molecule has 2 saturated heterocycles. The van der Waals surface area contributed by atoms with Crippen LogP contribution in [0.2, 0.25) is 0 Å². The zero-order valence-corrected chi connectivity index (χ0v) is 13.4. The van der Waals surface area contributed by atoms with E-state index in [1.807, 2.05) is 0 Å². The molecule has 7 nitrogen and oxygen atoms in total. The Balaban J connectivity index is 1.90.